The molecule has 4 saturated carbocycles. The fourth-order valence-electron chi connectivity index (χ4n) is 5.31. The summed E-state index contributed by atoms with van der Waals surface area (Å²) in [5, 5.41) is 14.1. The van der Waals surface area contributed by atoms with Gasteiger partial charge in [0.15, 0.2) is 0 Å². The van der Waals surface area contributed by atoms with Crippen LogP contribution in [0.1, 0.15) is 44.9 Å². The molecule has 4 aliphatic carbocycles. The summed E-state index contributed by atoms with van der Waals surface area (Å²) in [5.41, 5.74) is -0.117. The average Bonchev–Trinajstić information content (AvgIpc) is 2.42. The first kappa shape index (κ1) is 20.0. The van der Waals surface area contributed by atoms with E-state index >= 15 is 0 Å². The lowest BCUT2D eigenvalue weighted by Crippen LogP contribution is -2.62. The Bertz CT molecular complexity index is 505. The van der Waals surface area contributed by atoms with E-state index < -0.39 is 17.9 Å². The van der Waals surface area contributed by atoms with Crippen LogP contribution >= 0.6 is 12.4 Å². The Labute approximate surface area is 154 Å². The third-order valence-electron chi connectivity index (χ3n) is 5.79. The van der Waals surface area contributed by atoms with Gasteiger partial charge in [-0.2, -0.15) is 0 Å². The van der Waals surface area contributed by atoms with Crippen LogP contribution in [0.4, 0.5) is 4.79 Å². The van der Waals surface area contributed by atoms with Crippen molar-refractivity contribution in [2.75, 3.05) is 20.1 Å². The zero-order valence-corrected chi connectivity index (χ0v) is 15.4. The van der Waals surface area contributed by atoms with Crippen molar-refractivity contribution in [1.82, 2.24) is 15.5 Å². The Hall–Kier alpha value is -1.34. The fraction of sp³-hybridized carbons (Fsp3) is 0.824. The van der Waals surface area contributed by atoms with Gasteiger partial charge in [-0.3, -0.25) is 19.8 Å². The molecular weight excluding hydrogens is 346 g/mol. The number of nitrogens with zero attached hydrogens (tertiary/aromatic N) is 1. The van der Waals surface area contributed by atoms with Gasteiger partial charge in [0.2, 0.25) is 5.91 Å². The lowest BCUT2D eigenvalue weighted by atomic mass is 9.53. The predicted molar refractivity (Wildman–Crippen MR) is 94.6 cm³/mol. The maximum atomic E-state index is 12.2. The molecule has 142 valence electrons. The van der Waals surface area contributed by atoms with Crippen LogP contribution in [0.3, 0.4) is 0 Å². The number of urea groups is 1. The van der Waals surface area contributed by atoms with E-state index in [1.54, 1.807) is 11.9 Å². The molecule has 4 fully saturated rings. The molecule has 25 heavy (non-hydrogen) atoms. The van der Waals surface area contributed by atoms with Crippen molar-refractivity contribution < 1.29 is 19.5 Å². The summed E-state index contributed by atoms with van der Waals surface area (Å²) in [6.07, 6.45) is 7.00. The maximum Gasteiger partial charge on any atom is 0.321 e. The number of nitrogens with one attached hydrogen (secondary N) is 2. The van der Waals surface area contributed by atoms with E-state index in [1.807, 2.05) is 0 Å². The highest BCUT2D eigenvalue weighted by molar-refractivity contribution is 5.95. The van der Waals surface area contributed by atoms with Crippen LogP contribution in [-0.4, -0.2) is 53.6 Å². The zero-order chi connectivity index (χ0) is 17.3. The first-order chi connectivity index (χ1) is 11.3. The summed E-state index contributed by atoms with van der Waals surface area (Å²) in [6, 6.07) is -0.409. The van der Waals surface area contributed by atoms with E-state index in [-0.39, 0.29) is 37.5 Å². The Morgan fingerprint density at radius 1 is 1.08 bits per heavy atom. The largest absolute Gasteiger partial charge is 0.481 e. The Balaban J connectivity index is 0.00000225. The van der Waals surface area contributed by atoms with Gasteiger partial charge in [0.25, 0.3) is 0 Å². The molecule has 0 aromatic rings. The molecule has 3 amide bonds. The number of carbonyl (C=O) groups excluding carboxylic acids is 2. The van der Waals surface area contributed by atoms with E-state index in [0.717, 1.165) is 37.0 Å². The number of rotatable bonds is 6. The van der Waals surface area contributed by atoms with Gasteiger partial charge in [-0.25, -0.2) is 4.79 Å². The van der Waals surface area contributed by atoms with Crippen molar-refractivity contribution in [3.63, 3.8) is 0 Å². The molecular formula is C17H28ClN3O4. The smallest absolute Gasteiger partial charge is 0.321 e. The zero-order valence-electron chi connectivity index (χ0n) is 14.6. The van der Waals surface area contributed by atoms with Crippen LogP contribution in [0.25, 0.3) is 0 Å². The minimum absolute atomic E-state index is 0. The minimum Gasteiger partial charge on any atom is -0.481 e. The number of hydrogen-bond donors (Lipinski definition) is 3. The lowest BCUT2D eigenvalue weighted by molar-refractivity contribution is -0.137. The lowest BCUT2D eigenvalue weighted by Gasteiger charge is -2.56. The molecule has 4 bridgehead atoms. The standard InChI is InChI=1S/C17H27N3O4.ClH/c1-20(3-2-15(22)23)10-14(21)18-16(24)19-17-7-11-4-12(8-17)6-13(5-11)9-17;/h11-13H,2-10H2,1H3,(H,22,23)(H2,18,19,21,24);1H. The van der Waals surface area contributed by atoms with E-state index in [9.17, 15) is 14.4 Å². The Morgan fingerprint density at radius 3 is 2.08 bits per heavy atom. The summed E-state index contributed by atoms with van der Waals surface area (Å²) in [5.74, 6) is 0.894. The number of amides is 3. The molecule has 0 unspecified atom stereocenters. The molecule has 8 heteroatoms. The van der Waals surface area contributed by atoms with Crippen molar-refractivity contribution in [1.29, 1.82) is 0 Å². The van der Waals surface area contributed by atoms with E-state index in [2.05, 4.69) is 10.6 Å². The van der Waals surface area contributed by atoms with E-state index in [0.29, 0.717) is 0 Å². The van der Waals surface area contributed by atoms with Crippen LogP contribution in [0, 0.1) is 17.8 Å². The third kappa shape index (κ3) is 5.07. The molecule has 0 atom stereocenters. The first-order valence-electron chi connectivity index (χ1n) is 8.86. The molecule has 4 rings (SSSR count). The molecule has 0 heterocycles. The molecule has 0 aromatic carbocycles. The number of aliphatic carboxylic acids is 1. The number of hydrogen-bond acceptors (Lipinski definition) is 4. The van der Waals surface area contributed by atoms with Gasteiger partial charge < -0.3 is 10.4 Å². The molecule has 0 radical (unpaired) electrons. The average molecular weight is 374 g/mol. The molecule has 4 aliphatic rings. The van der Waals surface area contributed by atoms with Gasteiger partial charge in [-0.1, -0.05) is 0 Å². The summed E-state index contributed by atoms with van der Waals surface area (Å²) < 4.78 is 0. The highest BCUT2D eigenvalue weighted by Gasteiger charge is 2.51. The summed E-state index contributed by atoms with van der Waals surface area (Å²) in [6.45, 7) is 0.293. The fourth-order valence-corrected chi connectivity index (χ4v) is 5.31. The molecule has 3 N–H and O–H groups in total. The highest BCUT2D eigenvalue weighted by atomic mass is 35.5. The number of likely N-dealkylation sites (N-methyl/N-ethyl adjacent to an activating group) is 1. The molecule has 0 spiro atoms. The highest BCUT2D eigenvalue weighted by Crippen LogP contribution is 2.55. The number of carboxylic acid groups (broad SMARTS) is 1. The normalized spacial score (nSPS) is 32.2. The van der Waals surface area contributed by atoms with Crippen molar-refractivity contribution in [3.8, 4) is 0 Å². The number of imide groups is 1. The van der Waals surface area contributed by atoms with Gasteiger partial charge in [0.1, 0.15) is 0 Å². The minimum atomic E-state index is -0.901. The van der Waals surface area contributed by atoms with Crippen molar-refractivity contribution in [2.24, 2.45) is 17.8 Å². The molecule has 7 nitrogen and oxygen atoms in total. The molecule has 0 saturated heterocycles. The van der Waals surface area contributed by atoms with Crippen LogP contribution < -0.4 is 10.6 Å². The van der Waals surface area contributed by atoms with Crippen LogP contribution in [-0.2, 0) is 9.59 Å². The van der Waals surface area contributed by atoms with Crippen molar-refractivity contribution in [2.45, 2.75) is 50.5 Å². The SMILES string of the molecule is CN(CCC(=O)O)CC(=O)NC(=O)NC12CC3CC(CC(C3)C1)C2.Cl. The van der Waals surface area contributed by atoms with Crippen molar-refractivity contribution >= 4 is 30.3 Å². The van der Waals surface area contributed by atoms with Gasteiger partial charge >= 0.3 is 12.0 Å². The topological polar surface area (TPSA) is 98.7 Å². The number of halogens is 1. The predicted octanol–water partition coefficient (Wildman–Crippen LogP) is 1.61. The first-order valence-corrected chi connectivity index (χ1v) is 8.86. The Kier molecular flexibility index (Phi) is 6.32. The summed E-state index contributed by atoms with van der Waals surface area (Å²) in [7, 11) is 1.67. The van der Waals surface area contributed by atoms with E-state index in [1.165, 1.54) is 19.3 Å². The summed E-state index contributed by atoms with van der Waals surface area (Å²) in [4.78, 5) is 36.3. The quantitative estimate of drug-likeness (QED) is 0.657. The Morgan fingerprint density at radius 2 is 1.60 bits per heavy atom. The second-order valence-corrected chi connectivity index (χ2v) is 8.08. The van der Waals surface area contributed by atoms with Crippen LogP contribution in [0.15, 0.2) is 0 Å². The van der Waals surface area contributed by atoms with Crippen LogP contribution in [0.5, 0.6) is 0 Å². The third-order valence-corrected chi connectivity index (χ3v) is 5.79. The van der Waals surface area contributed by atoms with Gasteiger partial charge in [0.05, 0.1) is 13.0 Å². The van der Waals surface area contributed by atoms with Crippen molar-refractivity contribution in [3.05, 3.63) is 0 Å². The second kappa shape index (κ2) is 7.91. The monoisotopic (exact) mass is 373 g/mol. The maximum absolute atomic E-state index is 12.2. The van der Waals surface area contributed by atoms with Gasteiger partial charge in [0, 0.05) is 12.1 Å². The number of carbonyl (C=O) groups is 3. The van der Waals surface area contributed by atoms with Gasteiger partial charge in [-0.15, -0.1) is 12.4 Å². The van der Waals surface area contributed by atoms with Gasteiger partial charge in [-0.05, 0) is 63.3 Å². The second-order valence-electron chi connectivity index (χ2n) is 8.08. The summed E-state index contributed by atoms with van der Waals surface area (Å²) >= 11 is 0. The molecule has 0 aromatic heterocycles. The molecule has 0 aliphatic heterocycles. The van der Waals surface area contributed by atoms with Crippen LogP contribution in [0.2, 0.25) is 0 Å². The van der Waals surface area contributed by atoms with E-state index in [4.69, 9.17) is 5.11 Å². The number of carboxylic acids is 1.